The first-order valence-corrected chi connectivity index (χ1v) is 7.90. The fraction of sp³-hybridized carbons (Fsp3) is 0.533. The van der Waals surface area contributed by atoms with Crippen LogP contribution in [0.2, 0.25) is 0 Å². The SMILES string of the molecule is CC1NCCCC1NC(=O)C1Cc2ccccc2S1. The van der Waals surface area contributed by atoms with Gasteiger partial charge >= 0.3 is 0 Å². The number of fused-ring (bicyclic) bond motifs is 1. The molecule has 0 bridgehead atoms. The Labute approximate surface area is 118 Å². The van der Waals surface area contributed by atoms with Crippen molar-refractivity contribution < 1.29 is 4.79 Å². The number of carbonyl (C=O) groups excluding carboxylic acids is 1. The van der Waals surface area contributed by atoms with Crippen molar-refractivity contribution in [2.45, 2.75) is 48.4 Å². The van der Waals surface area contributed by atoms with Gasteiger partial charge in [-0.05, 0) is 44.4 Å². The molecule has 1 fully saturated rings. The third-order valence-corrected chi connectivity index (χ3v) is 5.35. The Kier molecular flexibility index (Phi) is 3.80. The maximum atomic E-state index is 12.4. The van der Waals surface area contributed by atoms with Crippen LogP contribution in [0.5, 0.6) is 0 Å². The lowest BCUT2D eigenvalue weighted by atomic mass is 9.99. The van der Waals surface area contributed by atoms with Gasteiger partial charge in [0.25, 0.3) is 0 Å². The van der Waals surface area contributed by atoms with Crippen molar-refractivity contribution in [1.82, 2.24) is 10.6 Å². The summed E-state index contributed by atoms with van der Waals surface area (Å²) in [5.41, 5.74) is 1.31. The molecule has 3 rings (SSSR count). The van der Waals surface area contributed by atoms with Gasteiger partial charge in [-0.2, -0.15) is 0 Å². The number of hydrogen-bond acceptors (Lipinski definition) is 3. The molecule has 3 nitrogen and oxygen atoms in total. The molecule has 3 unspecified atom stereocenters. The highest BCUT2D eigenvalue weighted by Gasteiger charge is 2.31. The summed E-state index contributed by atoms with van der Waals surface area (Å²) < 4.78 is 0. The minimum atomic E-state index is 0.0477. The average Bonchev–Trinajstić information content (AvgIpc) is 2.85. The summed E-state index contributed by atoms with van der Waals surface area (Å²) in [6.07, 6.45) is 3.10. The van der Waals surface area contributed by atoms with E-state index in [2.05, 4.69) is 29.7 Å². The average molecular weight is 276 g/mol. The monoisotopic (exact) mass is 276 g/mol. The van der Waals surface area contributed by atoms with Crippen molar-refractivity contribution in [2.75, 3.05) is 6.54 Å². The van der Waals surface area contributed by atoms with Crippen LogP contribution in [0, 0.1) is 0 Å². The number of thioether (sulfide) groups is 1. The van der Waals surface area contributed by atoms with E-state index in [9.17, 15) is 4.79 Å². The lowest BCUT2D eigenvalue weighted by Crippen LogP contribution is -2.53. The zero-order valence-electron chi connectivity index (χ0n) is 11.2. The summed E-state index contributed by atoms with van der Waals surface area (Å²) in [5, 5.41) is 6.69. The highest BCUT2D eigenvalue weighted by Crippen LogP contribution is 2.36. The lowest BCUT2D eigenvalue weighted by molar-refractivity contribution is -0.121. The van der Waals surface area contributed by atoms with Gasteiger partial charge in [0.2, 0.25) is 5.91 Å². The van der Waals surface area contributed by atoms with Crippen molar-refractivity contribution in [3.63, 3.8) is 0 Å². The minimum Gasteiger partial charge on any atom is -0.351 e. The summed E-state index contributed by atoms with van der Waals surface area (Å²) in [6.45, 7) is 3.22. The zero-order valence-corrected chi connectivity index (χ0v) is 12.0. The fourth-order valence-corrected chi connectivity index (χ4v) is 4.05. The second-order valence-electron chi connectivity index (χ2n) is 5.42. The molecule has 3 atom stereocenters. The molecule has 1 aromatic carbocycles. The molecule has 1 saturated heterocycles. The maximum absolute atomic E-state index is 12.4. The van der Waals surface area contributed by atoms with Crippen molar-refractivity contribution in [1.29, 1.82) is 0 Å². The Morgan fingerprint density at radius 1 is 1.42 bits per heavy atom. The summed E-state index contributed by atoms with van der Waals surface area (Å²) >= 11 is 1.70. The number of hydrogen-bond donors (Lipinski definition) is 2. The molecule has 2 aliphatic rings. The molecule has 102 valence electrons. The van der Waals surface area contributed by atoms with Gasteiger partial charge < -0.3 is 10.6 Å². The predicted octanol–water partition coefficient (Wildman–Crippen LogP) is 1.96. The Bertz CT molecular complexity index is 452. The Morgan fingerprint density at radius 2 is 2.26 bits per heavy atom. The topological polar surface area (TPSA) is 41.1 Å². The second-order valence-corrected chi connectivity index (χ2v) is 6.66. The van der Waals surface area contributed by atoms with Gasteiger partial charge in [-0.3, -0.25) is 4.79 Å². The molecule has 0 aromatic heterocycles. The van der Waals surface area contributed by atoms with Crippen LogP contribution >= 0.6 is 11.8 Å². The standard InChI is InChI=1S/C15H20N2OS/c1-10-12(6-4-8-16-10)17-15(18)14-9-11-5-2-3-7-13(11)19-14/h2-3,5,7,10,12,14,16H,4,6,8-9H2,1H3,(H,17,18). The molecular weight excluding hydrogens is 256 g/mol. The molecular formula is C15H20N2OS. The molecule has 0 radical (unpaired) electrons. The first-order valence-electron chi connectivity index (χ1n) is 7.02. The number of benzene rings is 1. The van der Waals surface area contributed by atoms with Gasteiger partial charge in [-0.1, -0.05) is 18.2 Å². The van der Waals surface area contributed by atoms with Crippen LogP contribution in [0.1, 0.15) is 25.3 Å². The highest BCUT2D eigenvalue weighted by molar-refractivity contribution is 8.01. The van der Waals surface area contributed by atoms with Crippen molar-refractivity contribution in [3.8, 4) is 0 Å². The third-order valence-electron chi connectivity index (χ3n) is 4.03. The summed E-state index contributed by atoms with van der Waals surface area (Å²) in [4.78, 5) is 13.6. The van der Waals surface area contributed by atoms with Crippen LogP contribution in [0.3, 0.4) is 0 Å². The molecule has 0 spiro atoms. The highest BCUT2D eigenvalue weighted by atomic mass is 32.2. The van der Waals surface area contributed by atoms with Crippen LogP contribution in [0.15, 0.2) is 29.2 Å². The Hall–Kier alpha value is -1.00. The summed E-state index contributed by atoms with van der Waals surface area (Å²) in [7, 11) is 0. The lowest BCUT2D eigenvalue weighted by Gasteiger charge is -2.31. The van der Waals surface area contributed by atoms with Crippen LogP contribution in [-0.2, 0) is 11.2 Å². The van der Waals surface area contributed by atoms with Gasteiger partial charge in [0, 0.05) is 17.0 Å². The van der Waals surface area contributed by atoms with Gasteiger partial charge in [-0.25, -0.2) is 0 Å². The molecule has 4 heteroatoms. The number of nitrogens with one attached hydrogen (secondary N) is 2. The normalized spacial score (nSPS) is 29.8. The van der Waals surface area contributed by atoms with E-state index in [4.69, 9.17) is 0 Å². The van der Waals surface area contributed by atoms with Gasteiger partial charge in [0.1, 0.15) is 0 Å². The van der Waals surface area contributed by atoms with Crippen LogP contribution < -0.4 is 10.6 Å². The third kappa shape index (κ3) is 2.79. The van der Waals surface area contributed by atoms with E-state index >= 15 is 0 Å². The Morgan fingerprint density at radius 3 is 3.05 bits per heavy atom. The molecule has 2 aliphatic heterocycles. The van der Waals surface area contributed by atoms with E-state index in [1.807, 2.05) is 12.1 Å². The first kappa shape index (κ1) is 13.0. The van der Waals surface area contributed by atoms with E-state index in [1.54, 1.807) is 11.8 Å². The molecule has 0 saturated carbocycles. The van der Waals surface area contributed by atoms with Gasteiger partial charge in [0.05, 0.1) is 5.25 Å². The maximum Gasteiger partial charge on any atom is 0.234 e. The zero-order chi connectivity index (χ0) is 13.2. The molecule has 19 heavy (non-hydrogen) atoms. The van der Waals surface area contributed by atoms with Crippen molar-refractivity contribution in [2.24, 2.45) is 0 Å². The second kappa shape index (κ2) is 5.55. The molecule has 1 aromatic rings. The number of carbonyl (C=O) groups is 1. The van der Waals surface area contributed by atoms with E-state index < -0.39 is 0 Å². The Balaban J connectivity index is 1.60. The van der Waals surface area contributed by atoms with E-state index in [1.165, 1.54) is 10.5 Å². The van der Waals surface area contributed by atoms with Crippen LogP contribution in [0.4, 0.5) is 0 Å². The number of piperidine rings is 1. The predicted molar refractivity (Wildman–Crippen MR) is 78.4 cm³/mol. The van der Waals surface area contributed by atoms with E-state index in [0.717, 1.165) is 25.8 Å². The molecule has 2 N–H and O–H groups in total. The number of rotatable bonds is 2. The molecule has 2 heterocycles. The van der Waals surface area contributed by atoms with Crippen LogP contribution in [-0.4, -0.2) is 29.8 Å². The van der Waals surface area contributed by atoms with E-state index in [0.29, 0.717) is 6.04 Å². The van der Waals surface area contributed by atoms with E-state index in [-0.39, 0.29) is 17.2 Å². The first-order chi connectivity index (χ1) is 9.24. The molecule has 0 aliphatic carbocycles. The van der Waals surface area contributed by atoms with Crippen molar-refractivity contribution >= 4 is 17.7 Å². The van der Waals surface area contributed by atoms with Crippen LogP contribution in [0.25, 0.3) is 0 Å². The molecule has 1 amide bonds. The fourth-order valence-electron chi connectivity index (χ4n) is 2.85. The van der Waals surface area contributed by atoms with Gasteiger partial charge in [0.15, 0.2) is 0 Å². The quantitative estimate of drug-likeness (QED) is 0.867. The van der Waals surface area contributed by atoms with Crippen molar-refractivity contribution in [3.05, 3.63) is 29.8 Å². The van der Waals surface area contributed by atoms with Gasteiger partial charge in [-0.15, -0.1) is 11.8 Å². The minimum absolute atomic E-state index is 0.0477. The number of amides is 1. The summed E-state index contributed by atoms with van der Waals surface area (Å²) in [5.74, 6) is 0.196. The largest absolute Gasteiger partial charge is 0.351 e. The summed E-state index contributed by atoms with van der Waals surface area (Å²) in [6, 6.07) is 8.99. The smallest absolute Gasteiger partial charge is 0.234 e.